The van der Waals surface area contributed by atoms with Crippen LogP contribution in [-0.2, 0) is 19.2 Å². The van der Waals surface area contributed by atoms with Crippen LogP contribution in [0.1, 0.15) is 40.5 Å². The van der Waals surface area contributed by atoms with Gasteiger partial charge < -0.3 is 37.0 Å². The fourth-order valence-electron chi connectivity index (χ4n) is 2.41. The molecule has 0 aliphatic carbocycles. The SMILES string of the molecule is CCC(C)C(N)C(=O)NC(CO)C(=O)NC(CC(C)C)C(=O)NC(CO)C(=O)O. The average Bonchev–Trinajstić information content (AvgIpc) is 2.66. The van der Waals surface area contributed by atoms with Gasteiger partial charge in [-0.2, -0.15) is 0 Å². The highest BCUT2D eigenvalue weighted by molar-refractivity contribution is 5.94. The smallest absolute Gasteiger partial charge is 0.328 e. The van der Waals surface area contributed by atoms with E-state index in [9.17, 15) is 24.3 Å². The predicted octanol–water partition coefficient (Wildman–Crippen LogP) is -2.07. The minimum atomic E-state index is -1.52. The first-order valence-corrected chi connectivity index (χ1v) is 9.59. The monoisotopic (exact) mass is 418 g/mol. The predicted molar refractivity (Wildman–Crippen MR) is 104 cm³/mol. The van der Waals surface area contributed by atoms with E-state index in [1.165, 1.54) is 0 Å². The molecule has 0 saturated heterocycles. The molecular formula is C18H34N4O7. The van der Waals surface area contributed by atoms with E-state index in [1.807, 2.05) is 6.92 Å². The molecule has 11 heteroatoms. The van der Waals surface area contributed by atoms with Gasteiger partial charge in [0.25, 0.3) is 0 Å². The lowest BCUT2D eigenvalue weighted by Crippen LogP contribution is -2.59. The Kier molecular flexibility index (Phi) is 12.1. The first kappa shape index (κ1) is 26.8. The van der Waals surface area contributed by atoms with Crippen molar-refractivity contribution < 1.29 is 34.5 Å². The van der Waals surface area contributed by atoms with Crippen molar-refractivity contribution in [2.45, 2.75) is 64.7 Å². The third-order valence-electron chi connectivity index (χ3n) is 4.51. The van der Waals surface area contributed by atoms with Crippen LogP contribution in [0, 0.1) is 11.8 Å². The summed E-state index contributed by atoms with van der Waals surface area (Å²) in [6.45, 7) is 5.70. The van der Waals surface area contributed by atoms with E-state index in [2.05, 4.69) is 16.0 Å². The molecule has 0 aliphatic rings. The number of nitrogens with two attached hydrogens (primary N) is 1. The number of aliphatic hydroxyl groups is 2. The minimum absolute atomic E-state index is 0.0375. The van der Waals surface area contributed by atoms with E-state index in [4.69, 9.17) is 15.9 Å². The molecule has 11 nitrogen and oxygen atoms in total. The van der Waals surface area contributed by atoms with Gasteiger partial charge in [-0.15, -0.1) is 0 Å². The summed E-state index contributed by atoms with van der Waals surface area (Å²) < 4.78 is 0. The van der Waals surface area contributed by atoms with Crippen LogP contribution in [0.4, 0.5) is 0 Å². The third kappa shape index (κ3) is 9.20. The summed E-state index contributed by atoms with van der Waals surface area (Å²) in [5.41, 5.74) is 5.82. The summed E-state index contributed by atoms with van der Waals surface area (Å²) in [6, 6.07) is -4.83. The van der Waals surface area contributed by atoms with Gasteiger partial charge in [0.2, 0.25) is 17.7 Å². The lowest BCUT2D eigenvalue weighted by atomic mass is 9.99. The Balaban J connectivity index is 5.20. The Morgan fingerprint density at radius 2 is 1.28 bits per heavy atom. The zero-order chi connectivity index (χ0) is 22.7. The quantitative estimate of drug-likeness (QED) is 0.177. The molecule has 5 unspecified atom stereocenters. The molecule has 29 heavy (non-hydrogen) atoms. The Hall–Kier alpha value is -2.24. The van der Waals surface area contributed by atoms with Crippen molar-refractivity contribution in [1.82, 2.24) is 16.0 Å². The summed E-state index contributed by atoms with van der Waals surface area (Å²) in [4.78, 5) is 48.0. The molecule has 0 aromatic heterocycles. The van der Waals surface area contributed by atoms with Crippen LogP contribution < -0.4 is 21.7 Å². The summed E-state index contributed by atoms with van der Waals surface area (Å²) >= 11 is 0. The van der Waals surface area contributed by atoms with Crippen molar-refractivity contribution in [3.8, 4) is 0 Å². The third-order valence-corrected chi connectivity index (χ3v) is 4.51. The highest BCUT2D eigenvalue weighted by Crippen LogP contribution is 2.07. The zero-order valence-electron chi connectivity index (χ0n) is 17.3. The average molecular weight is 418 g/mol. The maximum Gasteiger partial charge on any atom is 0.328 e. The fraction of sp³-hybridized carbons (Fsp3) is 0.778. The lowest BCUT2D eigenvalue weighted by molar-refractivity contribution is -0.143. The standard InChI is InChI=1S/C18H34N4O7/c1-5-10(4)14(19)17(27)21-12(7-23)16(26)20-11(6-9(2)3)15(25)22-13(8-24)18(28)29/h9-14,23-24H,5-8,19H2,1-4H3,(H,20,26)(H,21,27)(H,22,25)(H,28,29). The van der Waals surface area contributed by atoms with Gasteiger partial charge >= 0.3 is 5.97 Å². The van der Waals surface area contributed by atoms with E-state index in [1.54, 1.807) is 20.8 Å². The van der Waals surface area contributed by atoms with Gasteiger partial charge in [-0.05, 0) is 18.3 Å². The van der Waals surface area contributed by atoms with Gasteiger partial charge in [-0.25, -0.2) is 4.79 Å². The number of rotatable bonds is 13. The normalized spacial score (nSPS) is 16.3. The highest BCUT2D eigenvalue weighted by atomic mass is 16.4. The number of carbonyl (C=O) groups excluding carboxylic acids is 3. The van der Waals surface area contributed by atoms with E-state index in [0.717, 1.165) is 0 Å². The van der Waals surface area contributed by atoms with Crippen LogP contribution in [0.5, 0.6) is 0 Å². The number of carboxylic acids is 1. The maximum atomic E-state index is 12.5. The molecule has 0 bridgehead atoms. The Morgan fingerprint density at radius 3 is 1.69 bits per heavy atom. The topological polar surface area (TPSA) is 191 Å². The second-order valence-corrected chi connectivity index (χ2v) is 7.43. The maximum absolute atomic E-state index is 12.5. The van der Waals surface area contributed by atoms with Crippen LogP contribution in [0.2, 0.25) is 0 Å². The first-order valence-electron chi connectivity index (χ1n) is 9.59. The number of carbonyl (C=O) groups is 4. The molecule has 0 aromatic rings. The summed E-state index contributed by atoms with van der Waals surface area (Å²) in [5, 5.41) is 34.4. The molecular weight excluding hydrogens is 384 g/mol. The van der Waals surface area contributed by atoms with Gasteiger partial charge in [0.05, 0.1) is 19.3 Å². The highest BCUT2D eigenvalue weighted by Gasteiger charge is 2.30. The number of carboxylic acid groups (broad SMARTS) is 1. The molecule has 0 fully saturated rings. The van der Waals surface area contributed by atoms with Crippen molar-refractivity contribution in [2.75, 3.05) is 13.2 Å². The molecule has 168 valence electrons. The van der Waals surface area contributed by atoms with Crippen molar-refractivity contribution in [2.24, 2.45) is 17.6 Å². The van der Waals surface area contributed by atoms with Crippen LogP contribution in [-0.4, -0.2) is 76.4 Å². The Bertz CT molecular complexity index is 570. The molecule has 8 N–H and O–H groups in total. The van der Waals surface area contributed by atoms with Crippen LogP contribution in [0.3, 0.4) is 0 Å². The van der Waals surface area contributed by atoms with Gasteiger partial charge in [0, 0.05) is 0 Å². The second kappa shape index (κ2) is 13.1. The molecule has 0 heterocycles. The van der Waals surface area contributed by atoms with Crippen molar-refractivity contribution in [3.05, 3.63) is 0 Å². The number of aliphatic carboxylic acids is 1. The Morgan fingerprint density at radius 1 is 0.828 bits per heavy atom. The number of amides is 3. The lowest BCUT2D eigenvalue weighted by Gasteiger charge is -2.25. The number of aliphatic hydroxyl groups excluding tert-OH is 2. The molecule has 3 amide bonds. The van der Waals surface area contributed by atoms with Gasteiger partial charge in [0.1, 0.15) is 18.1 Å². The van der Waals surface area contributed by atoms with Crippen LogP contribution in [0.25, 0.3) is 0 Å². The van der Waals surface area contributed by atoms with Crippen molar-refractivity contribution in [1.29, 1.82) is 0 Å². The van der Waals surface area contributed by atoms with Crippen molar-refractivity contribution >= 4 is 23.7 Å². The molecule has 0 radical (unpaired) electrons. The summed E-state index contributed by atoms with van der Waals surface area (Å²) in [7, 11) is 0. The summed E-state index contributed by atoms with van der Waals surface area (Å²) in [5.74, 6) is -3.81. The van der Waals surface area contributed by atoms with Crippen LogP contribution >= 0.6 is 0 Å². The number of nitrogens with one attached hydrogen (secondary N) is 3. The molecule has 0 saturated carbocycles. The Labute approximate surface area is 170 Å². The van der Waals surface area contributed by atoms with Gasteiger partial charge in [-0.1, -0.05) is 34.1 Å². The first-order chi connectivity index (χ1) is 13.5. The molecule has 0 aromatic carbocycles. The largest absolute Gasteiger partial charge is 0.480 e. The zero-order valence-corrected chi connectivity index (χ0v) is 17.3. The summed E-state index contributed by atoms with van der Waals surface area (Å²) in [6.07, 6.45) is 0.824. The van der Waals surface area contributed by atoms with E-state index in [0.29, 0.717) is 6.42 Å². The fourth-order valence-corrected chi connectivity index (χ4v) is 2.41. The van der Waals surface area contributed by atoms with E-state index < -0.39 is 61.1 Å². The van der Waals surface area contributed by atoms with Gasteiger partial charge in [-0.3, -0.25) is 14.4 Å². The minimum Gasteiger partial charge on any atom is -0.480 e. The van der Waals surface area contributed by atoms with E-state index >= 15 is 0 Å². The molecule has 5 atom stereocenters. The molecule has 0 rings (SSSR count). The number of hydrogen-bond donors (Lipinski definition) is 7. The molecule has 0 aliphatic heterocycles. The van der Waals surface area contributed by atoms with Gasteiger partial charge in [0.15, 0.2) is 0 Å². The second-order valence-electron chi connectivity index (χ2n) is 7.43. The van der Waals surface area contributed by atoms with E-state index in [-0.39, 0.29) is 18.3 Å². The van der Waals surface area contributed by atoms with Crippen molar-refractivity contribution in [3.63, 3.8) is 0 Å². The number of hydrogen-bond acceptors (Lipinski definition) is 7. The van der Waals surface area contributed by atoms with Crippen LogP contribution in [0.15, 0.2) is 0 Å². The molecule has 0 spiro atoms.